The second kappa shape index (κ2) is 28.5. The Morgan fingerprint density at radius 3 is 0.718 bits per heavy atom. The Balaban J connectivity index is 3.82. The quantitative estimate of drug-likeness (QED) is 0.0642. The van der Waals surface area contributed by atoms with Gasteiger partial charge in [0.15, 0.2) is 5.41 Å². The van der Waals surface area contributed by atoms with E-state index >= 15 is 0 Å². The number of carbonyl (C=O) groups is 2. The molecular formula is C35H68O4. The zero-order valence-corrected chi connectivity index (χ0v) is 26.4. The molecule has 2 N–H and O–H groups in total. The van der Waals surface area contributed by atoms with Crippen molar-refractivity contribution in [1.82, 2.24) is 0 Å². The van der Waals surface area contributed by atoms with Gasteiger partial charge in [-0.25, -0.2) is 0 Å². The van der Waals surface area contributed by atoms with Crippen LogP contribution in [0, 0.1) is 5.41 Å². The number of hydrogen-bond acceptors (Lipinski definition) is 2. The van der Waals surface area contributed by atoms with Crippen molar-refractivity contribution in [2.24, 2.45) is 5.41 Å². The molecule has 0 radical (unpaired) electrons. The maximum absolute atomic E-state index is 12.0. The van der Waals surface area contributed by atoms with Crippen LogP contribution in [0.25, 0.3) is 0 Å². The van der Waals surface area contributed by atoms with Gasteiger partial charge in [0, 0.05) is 0 Å². The van der Waals surface area contributed by atoms with Gasteiger partial charge in [-0.3, -0.25) is 9.59 Å². The van der Waals surface area contributed by atoms with Gasteiger partial charge >= 0.3 is 11.9 Å². The van der Waals surface area contributed by atoms with E-state index in [4.69, 9.17) is 0 Å². The monoisotopic (exact) mass is 553 g/mol. The van der Waals surface area contributed by atoms with E-state index in [1.165, 1.54) is 141 Å². The lowest BCUT2D eigenvalue weighted by Crippen LogP contribution is -2.39. The molecule has 0 fully saturated rings. The van der Waals surface area contributed by atoms with Crippen molar-refractivity contribution < 1.29 is 19.8 Å². The summed E-state index contributed by atoms with van der Waals surface area (Å²) < 4.78 is 0. The summed E-state index contributed by atoms with van der Waals surface area (Å²) in [4.78, 5) is 24.0. The third-order valence-electron chi connectivity index (χ3n) is 8.73. The van der Waals surface area contributed by atoms with Crippen LogP contribution in [0.3, 0.4) is 0 Å². The maximum atomic E-state index is 12.0. The molecular weight excluding hydrogens is 484 g/mol. The topological polar surface area (TPSA) is 74.6 Å². The Kier molecular flexibility index (Phi) is 27.7. The normalized spacial score (nSPS) is 11.7. The van der Waals surface area contributed by atoms with Crippen LogP contribution in [0.5, 0.6) is 0 Å². The Morgan fingerprint density at radius 2 is 0.538 bits per heavy atom. The summed E-state index contributed by atoms with van der Waals surface area (Å²) >= 11 is 0. The van der Waals surface area contributed by atoms with Crippen LogP contribution in [-0.4, -0.2) is 22.2 Å². The van der Waals surface area contributed by atoms with E-state index in [2.05, 4.69) is 13.8 Å². The van der Waals surface area contributed by atoms with Crippen LogP contribution >= 0.6 is 0 Å². The summed E-state index contributed by atoms with van der Waals surface area (Å²) in [5, 5.41) is 19.6. The van der Waals surface area contributed by atoms with Gasteiger partial charge < -0.3 is 10.2 Å². The average Bonchev–Trinajstić information content (AvgIpc) is 2.91. The van der Waals surface area contributed by atoms with E-state index in [1.807, 2.05) is 0 Å². The number of carboxylic acid groups (broad SMARTS) is 2. The lowest BCUT2D eigenvalue weighted by atomic mass is 9.78. The lowest BCUT2D eigenvalue weighted by Gasteiger charge is -2.25. The smallest absolute Gasteiger partial charge is 0.321 e. The number of carboxylic acids is 2. The van der Waals surface area contributed by atoms with Crippen molar-refractivity contribution in [1.29, 1.82) is 0 Å². The third kappa shape index (κ3) is 22.3. The zero-order chi connectivity index (χ0) is 28.9. The molecule has 0 atom stereocenters. The number of rotatable bonds is 32. The van der Waals surface area contributed by atoms with Crippen molar-refractivity contribution in [2.75, 3.05) is 0 Å². The molecule has 39 heavy (non-hydrogen) atoms. The van der Waals surface area contributed by atoms with Gasteiger partial charge in [0.05, 0.1) is 0 Å². The molecule has 0 amide bonds. The molecule has 0 aromatic heterocycles. The van der Waals surface area contributed by atoms with Crippen molar-refractivity contribution >= 4 is 11.9 Å². The standard InChI is InChI=1S/C35H68O4/c1-3-5-7-9-11-13-15-17-18-19-20-22-24-26-28-30-32-35(33(36)37,34(38)39)31-29-27-25-23-21-16-14-12-10-8-6-4-2/h3-32H2,1-2H3,(H,36,37)(H,38,39). The molecule has 0 heterocycles. The fraction of sp³-hybridized carbons (Fsp3) is 0.943. The van der Waals surface area contributed by atoms with Crippen molar-refractivity contribution in [3.05, 3.63) is 0 Å². The zero-order valence-electron chi connectivity index (χ0n) is 26.4. The van der Waals surface area contributed by atoms with Crippen LogP contribution in [0.4, 0.5) is 0 Å². The summed E-state index contributed by atoms with van der Waals surface area (Å²) in [6.45, 7) is 4.52. The molecule has 0 aromatic rings. The van der Waals surface area contributed by atoms with E-state index in [0.29, 0.717) is 12.8 Å². The fourth-order valence-corrected chi connectivity index (χ4v) is 5.89. The molecule has 0 unspecified atom stereocenters. The first kappa shape index (κ1) is 37.9. The van der Waals surface area contributed by atoms with Gasteiger partial charge in [0.2, 0.25) is 0 Å². The molecule has 0 rings (SSSR count). The van der Waals surface area contributed by atoms with Gasteiger partial charge in [-0.15, -0.1) is 0 Å². The first-order valence-electron chi connectivity index (χ1n) is 17.5. The van der Waals surface area contributed by atoms with Crippen LogP contribution in [0.1, 0.15) is 206 Å². The molecule has 4 nitrogen and oxygen atoms in total. The third-order valence-corrected chi connectivity index (χ3v) is 8.73. The highest BCUT2D eigenvalue weighted by molar-refractivity contribution is 5.98. The first-order valence-corrected chi connectivity index (χ1v) is 17.5. The van der Waals surface area contributed by atoms with Crippen LogP contribution in [0.2, 0.25) is 0 Å². The maximum Gasteiger partial charge on any atom is 0.321 e. The Hall–Kier alpha value is -1.06. The minimum absolute atomic E-state index is 0.272. The summed E-state index contributed by atoms with van der Waals surface area (Å²) in [5.41, 5.74) is -1.59. The molecule has 0 aliphatic rings. The highest BCUT2D eigenvalue weighted by Gasteiger charge is 2.45. The first-order chi connectivity index (χ1) is 19.0. The molecule has 4 heteroatoms. The average molecular weight is 553 g/mol. The molecule has 0 aromatic carbocycles. The fourth-order valence-electron chi connectivity index (χ4n) is 5.89. The van der Waals surface area contributed by atoms with Crippen LogP contribution in [-0.2, 0) is 9.59 Å². The molecule has 232 valence electrons. The summed E-state index contributed by atoms with van der Waals surface area (Å²) in [5.74, 6) is -2.28. The molecule has 0 saturated heterocycles. The minimum atomic E-state index is -1.59. The highest BCUT2D eigenvalue weighted by Crippen LogP contribution is 2.33. The number of hydrogen-bond donors (Lipinski definition) is 2. The van der Waals surface area contributed by atoms with Gasteiger partial charge in [-0.2, -0.15) is 0 Å². The number of unbranched alkanes of at least 4 members (excludes halogenated alkanes) is 26. The largest absolute Gasteiger partial charge is 0.480 e. The van der Waals surface area contributed by atoms with Gasteiger partial charge in [-0.05, 0) is 12.8 Å². The molecule has 0 spiro atoms. The van der Waals surface area contributed by atoms with Crippen LogP contribution < -0.4 is 0 Å². The van der Waals surface area contributed by atoms with E-state index in [-0.39, 0.29) is 12.8 Å². The summed E-state index contributed by atoms with van der Waals surface area (Å²) in [7, 11) is 0. The van der Waals surface area contributed by atoms with E-state index in [0.717, 1.165) is 25.7 Å². The number of aliphatic carboxylic acids is 2. The second-order valence-electron chi connectivity index (χ2n) is 12.4. The van der Waals surface area contributed by atoms with Crippen molar-refractivity contribution in [3.8, 4) is 0 Å². The van der Waals surface area contributed by atoms with Crippen LogP contribution in [0.15, 0.2) is 0 Å². The van der Waals surface area contributed by atoms with E-state index in [9.17, 15) is 19.8 Å². The van der Waals surface area contributed by atoms with Gasteiger partial charge in [0.25, 0.3) is 0 Å². The second-order valence-corrected chi connectivity index (χ2v) is 12.4. The Labute approximate surface area is 243 Å². The van der Waals surface area contributed by atoms with Gasteiger partial charge in [-0.1, -0.05) is 194 Å². The molecule has 0 aliphatic carbocycles. The Bertz CT molecular complexity index is 531. The minimum Gasteiger partial charge on any atom is -0.480 e. The van der Waals surface area contributed by atoms with E-state index < -0.39 is 17.4 Å². The predicted molar refractivity (Wildman–Crippen MR) is 168 cm³/mol. The Morgan fingerprint density at radius 1 is 0.359 bits per heavy atom. The summed E-state index contributed by atoms with van der Waals surface area (Å²) in [6.07, 6.45) is 35.3. The van der Waals surface area contributed by atoms with E-state index in [1.54, 1.807) is 0 Å². The molecule has 0 aliphatic heterocycles. The molecule has 0 saturated carbocycles. The van der Waals surface area contributed by atoms with Crippen molar-refractivity contribution in [3.63, 3.8) is 0 Å². The predicted octanol–water partition coefficient (Wildman–Crippen LogP) is 11.9. The lowest BCUT2D eigenvalue weighted by molar-refractivity contribution is -0.166. The van der Waals surface area contributed by atoms with Crippen molar-refractivity contribution in [2.45, 2.75) is 206 Å². The summed E-state index contributed by atoms with van der Waals surface area (Å²) in [6, 6.07) is 0. The van der Waals surface area contributed by atoms with Gasteiger partial charge in [0.1, 0.15) is 0 Å². The SMILES string of the molecule is CCCCCCCCCCCCCCCCCCC(CCCCCCCCCCCCCC)(C(=O)O)C(=O)O. The highest BCUT2D eigenvalue weighted by atomic mass is 16.4. The molecule has 0 bridgehead atoms.